The number of fused-ring (bicyclic) bond motifs is 3. The number of hydrogen-bond acceptors (Lipinski definition) is 0. The Morgan fingerprint density at radius 2 is 1.67 bits per heavy atom. The van der Waals surface area contributed by atoms with E-state index in [1.54, 1.807) is 15.9 Å². The molecule has 6 rings (SSSR count). The van der Waals surface area contributed by atoms with Crippen LogP contribution in [0.4, 0.5) is 0 Å². The molecule has 0 radical (unpaired) electrons. The molecule has 0 bridgehead atoms. The summed E-state index contributed by atoms with van der Waals surface area (Å²) < 4.78 is 2.41. The largest absolute Gasteiger partial charge is 0.220 e. The predicted molar refractivity (Wildman–Crippen MR) is 159 cm³/mol. The van der Waals surface area contributed by atoms with Crippen molar-refractivity contribution >= 4 is 40.0 Å². The van der Waals surface area contributed by atoms with Gasteiger partial charge in [0.15, 0.2) is 6.20 Å². The van der Waals surface area contributed by atoms with E-state index in [4.69, 9.17) is 0 Å². The zero-order valence-corrected chi connectivity index (χ0v) is 24.4. The van der Waals surface area contributed by atoms with Crippen molar-refractivity contribution in [2.75, 3.05) is 0 Å². The van der Waals surface area contributed by atoms with E-state index in [2.05, 4.69) is 95.0 Å². The van der Waals surface area contributed by atoms with Crippen molar-refractivity contribution in [3.05, 3.63) is 64.8 Å². The normalized spacial score (nSPS) is 17.2. The van der Waals surface area contributed by atoms with Gasteiger partial charge in [0.2, 0.25) is 5.69 Å². The molecule has 2 aliphatic rings. The predicted octanol–water partition coefficient (Wildman–Crippen LogP) is 7.48. The van der Waals surface area contributed by atoms with Crippen LogP contribution in [0.25, 0.3) is 32.8 Å². The number of pyridine rings is 1. The maximum Gasteiger partial charge on any atom is 0.220 e. The van der Waals surface area contributed by atoms with Gasteiger partial charge in [-0.1, -0.05) is 76.5 Å². The molecule has 1 aliphatic carbocycles. The minimum Gasteiger partial charge on any atom is -0.200 e. The number of nitrogens with zero attached hydrogens (tertiary/aromatic N) is 1. The van der Waals surface area contributed by atoms with Crippen LogP contribution in [0.15, 0.2) is 42.6 Å². The second-order valence-corrected chi connectivity index (χ2v) is 17.0. The lowest BCUT2D eigenvalue weighted by Gasteiger charge is -2.36. The van der Waals surface area contributed by atoms with Gasteiger partial charge in [0.05, 0.1) is 10.9 Å². The van der Waals surface area contributed by atoms with Gasteiger partial charge in [0.25, 0.3) is 0 Å². The quantitative estimate of drug-likeness (QED) is 0.206. The van der Waals surface area contributed by atoms with E-state index in [1.165, 1.54) is 81.6 Å². The Bertz CT molecular complexity index is 1520. The second-order valence-electron chi connectivity index (χ2n) is 12.7. The van der Waals surface area contributed by atoms with Crippen molar-refractivity contribution in [1.82, 2.24) is 0 Å². The molecule has 0 atom stereocenters. The third kappa shape index (κ3) is 3.51. The highest BCUT2D eigenvalue weighted by Gasteiger charge is 2.42. The summed E-state index contributed by atoms with van der Waals surface area (Å²) in [5.74, 6) is 1.41. The van der Waals surface area contributed by atoms with Crippen molar-refractivity contribution < 1.29 is 4.57 Å². The Balaban J connectivity index is 1.69. The second kappa shape index (κ2) is 8.55. The third-order valence-corrected chi connectivity index (χ3v) is 13.0. The molecule has 2 heterocycles. The number of aryl methyl sites for hydroxylation is 3. The van der Waals surface area contributed by atoms with Crippen LogP contribution >= 0.6 is 0 Å². The van der Waals surface area contributed by atoms with E-state index in [-0.39, 0.29) is 0 Å². The molecule has 1 nitrogen and oxygen atoms in total. The Morgan fingerprint density at radius 1 is 0.917 bits per heavy atom. The van der Waals surface area contributed by atoms with Gasteiger partial charge in [-0.25, -0.2) is 4.57 Å². The van der Waals surface area contributed by atoms with Crippen LogP contribution in [0.3, 0.4) is 0 Å². The Hall–Kier alpha value is -2.45. The van der Waals surface area contributed by atoms with Gasteiger partial charge in [0.1, 0.15) is 15.1 Å². The van der Waals surface area contributed by atoms with Crippen LogP contribution in [0.2, 0.25) is 13.1 Å². The summed E-state index contributed by atoms with van der Waals surface area (Å²) in [7, 11) is 0.329. The number of aromatic nitrogens is 1. The number of benzene rings is 3. The molecular weight excluding hydrogens is 450 g/mol. The van der Waals surface area contributed by atoms with Gasteiger partial charge < -0.3 is 0 Å². The molecule has 0 N–H and O–H groups in total. The molecule has 0 unspecified atom stereocenters. The van der Waals surface area contributed by atoms with Gasteiger partial charge in [-0.2, -0.15) is 0 Å². The summed E-state index contributed by atoms with van der Waals surface area (Å²) >= 11 is 0. The first-order chi connectivity index (χ1) is 17.2. The Labute approximate surface area is 218 Å². The zero-order chi connectivity index (χ0) is 25.4. The van der Waals surface area contributed by atoms with E-state index in [0.29, 0.717) is 5.92 Å². The van der Waals surface area contributed by atoms with E-state index >= 15 is 0 Å². The molecule has 186 valence electrons. The SMILES string of the molecule is Cc1c2c(c(C)c3ccc(CC(C)C)cc13)[Si](C)(C)c1cc(C3CCCCC3)cc3cc[n+](C)c-2c13. The van der Waals surface area contributed by atoms with Crippen LogP contribution in [0.5, 0.6) is 0 Å². The summed E-state index contributed by atoms with van der Waals surface area (Å²) in [6, 6.07) is 14.9. The maximum atomic E-state index is 2.67. The first-order valence-corrected chi connectivity index (χ1v) is 17.2. The molecule has 3 aromatic carbocycles. The minimum absolute atomic E-state index is 0.671. The van der Waals surface area contributed by atoms with Crippen LogP contribution in [-0.2, 0) is 13.5 Å². The monoisotopic (exact) mass is 492 g/mol. The van der Waals surface area contributed by atoms with Gasteiger partial charge in [-0.3, -0.25) is 0 Å². The van der Waals surface area contributed by atoms with Crippen LogP contribution < -0.4 is 14.9 Å². The highest BCUT2D eigenvalue weighted by Crippen LogP contribution is 2.40. The number of rotatable bonds is 3. The highest BCUT2D eigenvalue weighted by molar-refractivity contribution is 7.03. The fraction of sp³-hybridized carbons (Fsp3) is 0.441. The first kappa shape index (κ1) is 23.9. The van der Waals surface area contributed by atoms with E-state index in [9.17, 15) is 0 Å². The van der Waals surface area contributed by atoms with Gasteiger partial charge in [0, 0.05) is 6.07 Å². The molecule has 36 heavy (non-hydrogen) atoms. The van der Waals surface area contributed by atoms with E-state index in [0.717, 1.165) is 12.3 Å². The van der Waals surface area contributed by atoms with Gasteiger partial charge in [-0.05, 0) is 93.7 Å². The van der Waals surface area contributed by atoms with Crippen molar-refractivity contribution in [3.8, 4) is 11.3 Å². The summed E-state index contributed by atoms with van der Waals surface area (Å²) in [4.78, 5) is 0. The summed E-state index contributed by atoms with van der Waals surface area (Å²) in [5.41, 5.74) is 9.04. The molecule has 2 heteroatoms. The van der Waals surface area contributed by atoms with Crippen molar-refractivity contribution in [2.45, 2.75) is 85.2 Å². The lowest BCUT2D eigenvalue weighted by Crippen LogP contribution is -2.59. The third-order valence-electron chi connectivity index (χ3n) is 9.41. The van der Waals surface area contributed by atoms with Crippen LogP contribution in [0, 0.1) is 19.8 Å². The van der Waals surface area contributed by atoms with Crippen LogP contribution in [0.1, 0.15) is 74.1 Å². The molecular formula is C34H42NSi+. The average molecular weight is 493 g/mol. The lowest BCUT2D eigenvalue weighted by atomic mass is 9.83. The minimum atomic E-state index is -1.93. The maximum absolute atomic E-state index is 2.67. The van der Waals surface area contributed by atoms with Crippen molar-refractivity contribution in [1.29, 1.82) is 0 Å². The highest BCUT2D eigenvalue weighted by atomic mass is 28.3. The number of hydrogen-bond donors (Lipinski definition) is 0. The summed E-state index contributed by atoms with van der Waals surface area (Å²) in [6.45, 7) is 14.7. The molecule has 4 aromatic rings. The molecule has 1 saturated carbocycles. The molecule has 1 aromatic heterocycles. The van der Waals surface area contributed by atoms with E-state index in [1.807, 2.05) is 0 Å². The first-order valence-electron chi connectivity index (χ1n) is 14.2. The average Bonchev–Trinajstić information content (AvgIpc) is 2.85. The lowest BCUT2D eigenvalue weighted by molar-refractivity contribution is -0.659. The summed E-state index contributed by atoms with van der Waals surface area (Å²) in [5, 5.41) is 9.23. The smallest absolute Gasteiger partial charge is 0.200 e. The van der Waals surface area contributed by atoms with Gasteiger partial charge >= 0.3 is 0 Å². The molecule has 0 amide bonds. The Morgan fingerprint density at radius 3 is 2.39 bits per heavy atom. The molecule has 0 spiro atoms. The zero-order valence-electron chi connectivity index (χ0n) is 23.4. The van der Waals surface area contributed by atoms with Gasteiger partial charge in [-0.15, -0.1) is 0 Å². The van der Waals surface area contributed by atoms with Crippen LogP contribution in [-0.4, -0.2) is 8.07 Å². The van der Waals surface area contributed by atoms with E-state index < -0.39 is 8.07 Å². The fourth-order valence-corrected chi connectivity index (χ4v) is 11.4. The standard InChI is InChI=1S/C34H42NSi/c1-21(2)17-24-13-14-28-23(4)34-31(22(3)29(28)18-24)33-32-26(15-16-35(33)5)19-27(20-30(32)36(34,6)7)25-11-9-8-10-12-25/h13-16,18-21,25H,8-12,17H2,1-7H3/q+1. The Kier molecular flexibility index (Phi) is 5.68. The topological polar surface area (TPSA) is 3.88 Å². The molecule has 1 fully saturated rings. The molecule has 0 saturated heterocycles. The summed E-state index contributed by atoms with van der Waals surface area (Å²) in [6.07, 6.45) is 10.4. The van der Waals surface area contributed by atoms with Crippen molar-refractivity contribution in [3.63, 3.8) is 0 Å². The molecule has 1 aliphatic heterocycles. The van der Waals surface area contributed by atoms with Crippen molar-refractivity contribution in [2.24, 2.45) is 13.0 Å². The fourth-order valence-electron chi connectivity index (χ4n) is 7.68.